The van der Waals surface area contributed by atoms with Crippen LogP contribution in [0.15, 0.2) is 24.3 Å². The van der Waals surface area contributed by atoms with E-state index in [4.69, 9.17) is 0 Å². The highest BCUT2D eigenvalue weighted by molar-refractivity contribution is 6.32. The molecule has 17 heavy (non-hydrogen) atoms. The Hall–Kier alpha value is -1.52. The molecule has 0 amide bonds. The number of nitrogens with zero attached hydrogens (tertiary/aromatic N) is 1. The van der Waals surface area contributed by atoms with E-state index in [9.17, 15) is 10.1 Å². The first kappa shape index (κ1) is 12.0. The Balaban J connectivity index is 2.05. The molecule has 0 radical (unpaired) electrons. The van der Waals surface area contributed by atoms with E-state index in [0.29, 0.717) is 6.42 Å². The molecular weight excluding hydrogens is 215 g/mol. The van der Waals surface area contributed by atoms with Crippen LogP contribution in [0, 0.1) is 10.1 Å². The van der Waals surface area contributed by atoms with Crippen molar-refractivity contribution in [2.24, 2.45) is 0 Å². The van der Waals surface area contributed by atoms with Crippen LogP contribution in [0.3, 0.4) is 0 Å². The lowest BCUT2D eigenvalue weighted by Gasteiger charge is -2.27. The van der Waals surface area contributed by atoms with Crippen LogP contribution in [-0.4, -0.2) is 24.9 Å². The Morgan fingerprint density at radius 2 is 1.88 bits per heavy atom. The van der Waals surface area contributed by atoms with Crippen molar-refractivity contribution in [3.05, 3.63) is 34.4 Å². The van der Waals surface area contributed by atoms with E-state index >= 15 is 0 Å². The fraction of sp³-hybridized carbons (Fsp3) is 0.500. The summed E-state index contributed by atoms with van der Waals surface area (Å²) in [7, 11) is 2.03. The number of nitrogens with one attached hydrogen (secondary N) is 1. The van der Waals surface area contributed by atoms with Crippen LogP contribution in [0.25, 0.3) is 0 Å². The summed E-state index contributed by atoms with van der Waals surface area (Å²) in [5, 5.41) is 14.3. The molecule has 0 aliphatic heterocycles. The van der Waals surface area contributed by atoms with Gasteiger partial charge in [0.1, 0.15) is 7.85 Å². The van der Waals surface area contributed by atoms with Crippen LogP contribution in [0.1, 0.15) is 25.7 Å². The Kier molecular flexibility index (Phi) is 3.66. The molecule has 1 aliphatic carbocycles. The van der Waals surface area contributed by atoms with Crippen molar-refractivity contribution in [3.63, 3.8) is 0 Å². The molecule has 90 valence electrons. The van der Waals surface area contributed by atoms with Gasteiger partial charge in [-0.05, 0) is 25.0 Å². The molecule has 4 nitrogen and oxygen atoms in total. The minimum absolute atomic E-state index is 0.0264. The van der Waals surface area contributed by atoms with Crippen LogP contribution >= 0.6 is 0 Å². The molecule has 2 rings (SSSR count). The van der Waals surface area contributed by atoms with Crippen LogP contribution < -0.4 is 10.8 Å². The van der Waals surface area contributed by atoms with Gasteiger partial charge in [0.15, 0.2) is 0 Å². The highest BCUT2D eigenvalue weighted by atomic mass is 16.6. The van der Waals surface area contributed by atoms with Crippen LogP contribution in [0.4, 0.5) is 5.69 Å². The van der Waals surface area contributed by atoms with Gasteiger partial charge in [0.2, 0.25) is 6.04 Å². The molecule has 0 heterocycles. The third-order valence-electron chi connectivity index (χ3n) is 3.40. The monoisotopic (exact) mass is 232 g/mol. The zero-order valence-corrected chi connectivity index (χ0v) is 10.1. The Bertz CT molecular complexity index is 394. The number of hydrogen-bond donors (Lipinski definition) is 1. The quantitative estimate of drug-likeness (QED) is 0.479. The zero-order valence-electron chi connectivity index (χ0n) is 10.1. The maximum absolute atomic E-state index is 11.0. The highest BCUT2D eigenvalue weighted by Crippen LogP contribution is 2.23. The highest BCUT2D eigenvalue weighted by Gasteiger charge is 2.33. The molecule has 5 heteroatoms. The van der Waals surface area contributed by atoms with E-state index in [0.717, 1.165) is 24.9 Å². The summed E-state index contributed by atoms with van der Waals surface area (Å²) in [4.78, 5) is 10.8. The molecular formula is C12H17BN2O2. The van der Waals surface area contributed by atoms with Crippen LogP contribution in [-0.2, 0) is 0 Å². The fourth-order valence-electron chi connectivity index (χ4n) is 2.40. The van der Waals surface area contributed by atoms with Crippen LogP contribution in [0.5, 0.6) is 0 Å². The molecule has 0 bridgehead atoms. The van der Waals surface area contributed by atoms with Gasteiger partial charge in [-0.1, -0.05) is 24.0 Å². The number of rotatable bonds is 3. The van der Waals surface area contributed by atoms with Crippen molar-refractivity contribution in [2.75, 3.05) is 5.32 Å². The van der Waals surface area contributed by atoms with Gasteiger partial charge in [0.25, 0.3) is 0 Å². The van der Waals surface area contributed by atoms with Gasteiger partial charge in [0.05, 0.1) is 6.04 Å². The third kappa shape index (κ3) is 2.99. The summed E-state index contributed by atoms with van der Waals surface area (Å²) in [5.41, 5.74) is 2.18. The largest absolute Gasteiger partial charge is 0.376 e. The second kappa shape index (κ2) is 5.21. The average molecular weight is 232 g/mol. The normalized spacial score (nSPS) is 24.2. The maximum Gasteiger partial charge on any atom is 0.232 e. The number of benzene rings is 1. The number of anilines is 1. The van der Waals surface area contributed by atoms with Gasteiger partial charge in [-0.3, -0.25) is 10.1 Å². The molecule has 0 aromatic heterocycles. The van der Waals surface area contributed by atoms with Crippen LogP contribution in [0.2, 0.25) is 0 Å². The van der Waals surface area contributed by atoms with Gasteiger partial charge < -0.3 is 5.32 Å². The molecule has 0 spiro atoms. The molecule has 2 atom stereocenters. The van der Waals surface area contributed by atoms with Gasteiger partial charge in [0, 0.05) is 17.0 Å². The first-order chi connectivity index (χ1) is 8.16. The summed E-state index contributed by atoms with van der Waals surface area (Å²) in [6.07, 6.45) is 3.63. The molecule has 1 N–H and O–H groups in total. The van der Waals surface area contributed by atoms with Gasteiger partial charge >= 0.3 is 0 Å². The second-order valence-corrected chi connectivity index (χ2v) is 4.75. The summed E-state index contributed by atoms with van der Waals surface area (Å²) < 4.78 is 0. The summed E-state index contributed by atoms with van der Waals surface area (Å²) in [6.45, 7) is 0. The molecule has 1 aromatic rings. The predicted molar refractivity (Wildman–Crippen MR) is 71.3 cm³/mol. The molecule has 2 unspecified atom stereocenters. The van der Waals surface area contributed by atoms with Crippen molar-refractivity contribution in [1.82, 2.24) is 0 Å². The molecule has 1 aromatic carbocycles. The van der Waals surface area contributed by atoms with Crippen molar-refractivity contribution in [3.8, 4) is 0 Å². The summed E-state index contributed by atoms with van der Waals surface area (Å²) >= 11 is 0. The Morgan fingerprint density at radius 1 is 1.24 bits per heavy atom. The summed E-state index contributed by atoms with van der Waals surface area (Å²) in [5.74, 6) is 0. The molecule has 1 aliphatic rings. The fourth-order valence-corrected chi connectivity index (χ4v) is 2.40. The van der Waals surface area contributed by atoms with E-state index in [1.165, 1.54) is 5.46 Å². The van der Waals surface area contributed by atoms with Gasteiger partial charge in [-0.15, -0.1) is 0 Å². The first-order valence-electron chi connectivity index (χ1n) is 6.13. The van der Waals surface area contributed by atoms with E-state index in [1.54, 1.807) is 0 Å². The molecule has 0 saturated heterocycles. The topological polar surface area (TPSA) is 55.2 Å². The summed E-state index contributed by atoms with van der Waals surface area (Å²) in [6, 6.07) is 7.55. The predicted octanol–water partition coefficient (Wildman–Crippen LogP) is 0.945. The number of nitro groups is 1. The number of hydrogen-bond acceptors (Lipinski definition) is 3. The van der Waals surface area contributed by atoms with E-state index in [1.807, 2.05) is 32.1 Å². The van der Waals surface area contributed by atoms with Gasteiger partial charge in [-0.2, -0.15) is 0 Å². The van der Waals surface area contributed by atoms with E-state index < -0.39 is 6.04 Å². The van der Waals surface area contributed by atoms with E-state index in [2.05, 4.69) is 5.32 Å². The third-order valence-corrected chi connectivity index (χ3v) is 3.40. The van der Waals surface area contributed by atoms with Crippen molar-refractivity contribution >= 4 is 19.0 Å². The maximum atomic E-state index is 11.0. The lowest BCUT2D eigenvalue weighted by Crippen LogP contribution is -2.41. The van der Waals surface area contributed by atoms with Crippen molar-refractivity contribution < 1.29 is 4.92 Å². The average Bonchev–Trinajstić information content (AvgIpc) is 2.32. The molecule has 1 fully saturated rings. The Labute approximate surface area is 102 Å². The second-order valence-electron chi connectivity index (χ2n) is 4.75. The Morgan fingerprint density at radius 3 is 2.53 bits per heavy atom. The smallest absolute Gasteiger partial charge is 0.232 e. The minimum atomic E-state index is -0.440. The van der Waals surface area contributed by atoms with E-state index in [-0.39, 0.29) is 11.0 Å². The molecule has 1 saturated carbocycles. The minimum Gasteiger partial charge on any atom is -0.376 e. The standard InChI is InChI=1S/C12H17BN2O2/c13-9-5-7-10(8-6-9)14-11-3-1-2-4-12(11)15(16)17/h5-8,11-12,14H,1-4,13H2. The van der Waals surface area contributed by atoms with Gasteiger partial charge in [-0.25, -0.2) is 0 Å². The SMILES string of the molecule is Bc1ccc(NC2CCCCC2[N+](=O)[O-])cc1. The first-order valence-corrected chi connectivity index (χ1v) is 6.13. The zero-order chi connectivity index (χ0) is 12.3. The van der Waals surface area contributed by atoms with Crippen molar-refractivity contribution in [1.29, 1.82) is 0 Å². The lowest BCUT2D eigenvalue weighted by atomic mass is 9.90. The van der Waals surface area contributed by atoms with Crippen molar-refractivity contribution in [2.45, 2.75) is 37.8 Å². The lowest BCUT2D eigenvalue weighted by molar-refractivity contribution is -0.527.